The Bertz CT molecular complexity index is 737. The Morgan fingerprint density at radius 2 is 2.19 bits per heavy atom. The molecular weight excluding hydrogens is 328 g/mol. The van der Waals surface area contributed by atoms with Crippen molar-refractivity contribution in [3.63, 3.8) is 0 Å². The molecule has 1 aliphatic heterocycles. The van der Waals surface area contributed by atoms with Crippen LogP contribution >= 0.6 is 0 Å². The summed E-state index contributed by atoms with van der Waals surface area (Å²) in [6.07, 6.45) is 3.64. The molecule has 0 saturated carbocycles. The number of carbonyl (C=O) groups excluding carboxylic acids is 1. The van der Waals surface area contributed by atoms with Crippen LogP contribution in [-0.2, 0) is 0 Å². The van der Waals surface area contributed by atoms with Crippen LogP contribution < -0.4 is 10.6 Å². The molecule has 6 heteroatoms. The van der Waals surface area contributed by atoms with E-state index in [9.17, 15) is 4.79 Å². The van der Waals surface area contributed by atoms with E-state index in [4.69, 9.17) is 4.42 Å². The molecule has 0 unspecified atom stereocenters. The minimum absolute atomic E-state index is 0.177. The summed E-state index contributed by atoms with van der Waals surface area (Å²) in [5.41, 5.74) is 2.46. The van der Waals surface area contributed by atoms with E-state index in [1.54, 1.807) is 0 Å². The Morgan fingerprint density at radius 1 is 1.35 bits per heavy atom. The summed E-state index contributed by atoms with van der Waals surface area (Å²) in [5.74, 6) is 1.38. The van der Waals surface area contributed by atoms with Crippen molar-refractivity contribution in [1.82, 2.24) is 15.2 Å². The fourth-order valence-electron chi connectivity index (χ4n) is 3.42. The quantitative estimate of drug-likeness (QED) is 0.851. The lowest BCUT2D eigenvalue weighted by atomic mass is 10.0. The van der Waals surface area contributed by atoms with Crippen molar-refractivity contribution in [3.8, 4) is 11.5 Å². The van der Waals surface area contributed by atoms with Crippen LogP contribution in [0.5, 0.6) is 0 Å². The van der Waals surface area contributed by atoms with Gasteiger partial charge >= 0.3 is 6.03 Å². The molecule has 0 aliphatic carbocycles. The molecule has 2 heterocycles. The average Bonchev–Trinajstić information content (AvgIpc) is 2.99. The van der Waals surface area contributed by atoms with Gasteiger partial charge in [-0.1, -0.05) is 19.4 Å². The maximum atomic E-state index is 12.3. The molecule has 6 nitrogen and oxygen atoms in total. The smallest absolute Gasteiger partial charge is 0.319 e. The lowest BCUT2D eigenvalue weighted by molar-refractivity contribution is 0.154. The van der Waals surface area contributed by atoms with Gasteiger partial charge < -0.3 is 15.1 Å². The number of carbonyl (C=O) groups is 1. The number of hydrogen-bond acceptors (Lipinski definition) is 4. The molecule has 0 spiro atoms. The number of aryl methyl sites for hydroxylation is 2. The Morgan fingerprint density at radius 3 is 2.92 bits per heavy atom. The molecule has 26 heavy (non-hydrogen) atoms. The summed E-state index contributed by atoms with van der Waals surface area (Å²) in [6, 6.07) is 7.82. The van der Waals surface area contributed by atoms with Crippen molar-refractivity contribution in [2.24, 2.45) is 0 Å². The highest BCUT2D eigenvalue weighted by Gasteiger charge is 2.21. The molecule has 1 aliphatic rings. The largest absolute Gasteiger partial charge is 0.441 e. The zero-order chi connectivity index (χ0) is 18.5. The summed E-state index contributed by atoms with van der Waals surface area (Å²) in [7, 11) is 0. The summed E-state index contributed by atoms with van der Waals surface area (Å²) in [4.78, 5) is 19.1. The van der Waals surface area contributed by atoms with Crippen LogP contribution in [0.3, 0.4) is 0 Å². The molecule has 0 bridgehead atoms. The molecule has 0 radical (unpaired) electrons. The SMILES string of the molecule is CCN1CCCC[C@H]1CNC(=O)Nc1cccc(-c2nc(C)c(C)o2)c1. The van der Waals surface area contributed by atoms with Crippen molar-refractivity contribution in [2.45, 2.75) is 46.1 Å². The summed E-state index contributed by atoms with van der Waals surface area (Å²) < 4.78 is 5.67. The molecule has 1 saturated heterocycles. The van der Waals surface area contributed by atoms with Crippen molar-refractivity contribution in [1.29, 1.82) is 0 Å². The van der Waals surface area contributed by atoms with Crippen molar-refractivity contribution in [2.75, 3.05) is 25.0 Å². The molecule has 2 aromatic rings. The molecule has 2 amide bonds. The third kappa shape index (κ3) is 4.43. The lowest BCUT2D eigenvalue weighted by Gasteiger charge is -2.34. The number of likely N-dealkylation sites (tertiary alicyclic amines) is 1. The van der Waals surface area contributed by atoms with Gasteiger partial charge in [-0.25, -0.2) is 9.78 Å². The van der Waals surface area contributed by atoms with Gasteiger partial charge in [-0.3, -0.25) is 4.90 Å². The predicted molar refractivity (Wildman–Crippen MR) is 103 cm³/mol. The van der Waals surface area contributed by atoms with Crippen molar-refractivity contribution >= 4 is 11.7 Å². The monoisotopic (exact) mass is 356 g/mol. The number of urea groups is 1. The van der Waals surface area contributed by atoms with Crippen LogP contribution in [0, 0.1) is 13.8 Å². The van der Waals surface area contributed by atoms with E-state index >= 15 is 0 Å². The Hall–Kier alpha value is -2.34. The number of likely N-dealkylation sites (N-methyl/N-ethyl adjacent to an activating group) is 1. The minimum Gasteiger partial charge on any atom is -0.441 e. The molecule has 2 N–H and O–H groups in total. The number of amides is 2. The second kappa shape index (κ2) is 8.36. The van der Waals surface area contributed by atoms with Crippen LogP contribution in [0.25, 0.3) is 11.5 Å². The van der Waals surface area contributed by atoms with Crippen LogP contribution in [0.2, 0.25) is 0 Å². The Labute approximate surface area is 155 Å². The van der Waals surface area contributed by atoms with E-state index < -0.39 is 0 Å². The zero-order valence-electron chi connectivity index (χ0n) is 15.8. The Kier molecular flexibility index (Phi) is 5.93. The third-order valence-electron chi connectivity index (χ3n) is 5.05. The maximum absolute atomic E-state index is 12.3. The second-order valence-electron chi connectivity index (χ2n) is 6.85. The van der Waals surface area contributed by atoms with Gasteiger partial charge in [0, 0.05) is 23.8 Å². The standard InChI is InChI=1S/C20H28N4O2/c1-4-24-11-6-5-10-18(24)13-21-20(25)23-17-9-7-8-16(12-17)19-22-14(2)15(3)26-19/h7-9,12,18H,4-6,10-11,13H2,1-3H3,(H2,21,23,25)/t18-/m0/s1. The number of piperidine rings is 1. The van der Waals surface area contributed by atoms with E-state index in [2.05, 4.69) is 27.4 Å². The molecular formula is C20H28N4O2. The first-order valence-electron chi connectivity index (χ1n) is 9.40. The van der Waals surface area contributed by atoms with Gasteiger partial charge in [0.15, 0.2) is 0 Å². The average molecular weight is 356 g/mol. The first kappa shape index (κ1) is 18.5. The first-order valence-corrected chi connectivity index (χ1v) is 9.40. The van der Waals surface area contributed by atoms with Gasteiger partial charge in [-0.05, 0) is 58.0 Å². The number of nitrogens with zero attached hydrogens (tertiary/aromatic N) is 2. The Balaban J connectivity index is 1.58. The van der Waals surface area contributed by atoms with Gasteiger partial charge in [0.2, 0.25) is 5.89 Å². The van der Waals surface area contributed by atoms with Gasteiger partial charge in [0.1, 0.15) is 5.76 Å². The number of aromatic nitrogens is 1. The summed E-state index contributed by atoms with van der Waals surface area (Å²) in [6.45, 7) is 8.83. The summed E-state index contributed by atoms with van der Waals surface area (Å²) in [5, 5.41) is 5.91. The highest BCUT2D eigenvalue weighted by Crippen LogP contribution is 2.24. The van der Waals surface area contributed by atoms with E-state index in [0.29, 0.717) is 18.5 Å². The number of anilines is 1. The van der Waals surface area contributed by atoms with E-state index in [-0.39, 0.29) is 6.03 Å². The minimum atomic E-state index is -0.177. The fraction of sp³-hybridized carbons (Fsp3) is 0.500. The number of hydrogen-bond donors (Lipinski definition) is 2. The molecule has 1 fully saturated rings. The lowest BCUT2D eigenvalue weighted by Crippen LogP contribution is -2.47. The van der Waals surface area contributed by atoms with E-state index in [0.717, 1.165) is 42.2 Å². The number of benzene rings is 1. The molecule has 1 aromatic carbocycles. The number of oxazole rings is 1. The van der Waals surface area contributed by atoms with Crippen LogP contribution in [0.15, 0.2) is 28.7 Å². The second-order valence-corrected chi connectivity index (χ2v) is 6.85. The van der Waals surface area contributed by atoms with Gasteiger partial charge in [0.05, 0.1) is 5.69 Å². The first-order chi connectivity index (χ1) is 12.6. The normalized spacial score (nSPS) is 17.9. The van der Waals surface area contributed by atoms with Crippen molar-refractivity contribution < 1.29 is 9.21 Å². The van der Waals surface area contributed by atoms with E-state index in [1.165, 1.54) is 12.8 Å². The molecule has 1 aromatic heterocycles. The number of nitrogens with one attached hydrogen (secondary N) is 2. The number of rotatable bonds is 5. The van der Waals surface area contributed by atoms with Gasteiger partial charge in [-0.2, -0.15) is 0 Å². The van der Waals surface area contributed by atoms with E-state index in [1.807, 2.05) is 38.1 Å². The fourth-order valence-corrected chi connectivity index (χ4v) is 3.42. The molecule has 140 valence electrons. The van der Waals surface area contributed by atoms with Crippen molar-refractivity contribution in [3.05, 3.63) is 35.7 Å². The molecule has 3 rings (SSSR count). The van der Waals surface area contributed by atoms with Crippen LogP contribution in [-0.4, -0.2) is 41.6 Å². The predicted octanol–water partition coefficient (Wildman–Crippen LogP) is 3.95. The zero-order valence-corrected chi connectivity index (χ0v) is 15.8. The highest BCUT2D eigenvalue weighted by molar-refractivity contribution is 5.89. The van der Waals surface area contributed by atoms with Crippen LogP contribution in [0.1, 0.15) is 37.6 Å². The summed E-state index contributed by atoms with van der Waals surface area (Å²) >= 11 is 0. The van der Waals surface area contributed by atoms with Gasteiger partial charge in [-0.15, -0.1) is 0 Å². The maximum Gasteiger partial charge on any atom is 0.319 e. The van der Waals surface area contributed by atoms with Crippen LogP contribution in [0.4, 0.5) is 10.5 Å². The third-order valence-corrected chi connectivity index (χ3v) is 5.05. The van der Waals surface area contributed by atoms with Gasteiger partial charge in [0.25, 0.3) is 0 Å². The molecule has 1 atom stereocenters. The highest BCUT2D eigenvalue weighted by atomic mass is 16.4. The topological polar surface area (TPSA) is 70.4 Å².